The molecule has 1 rings (SSSR count). The van der Waals surface area contributed by atoms with Gasteiger partial charge in [-0.2, -0.15) is 8.78 Å². The Labute approximate surface area is 136 Å². The van der Waals surface area contributed by atoms with E-state index in [-0.39, 0.29) is 30.8 Å². The first-order valence-electron chi connectivity index (χ1n) is 7.74. The highest BCUT2D eigenvalue weighted by atomic mass is 19.3. The summed E-state index contributed by atoms with van der Waals surface area (Å²) in [6.45, 7) is 6.33. The van der Waals surface area contributed by atoms with Crippen molar-refractivity contribution in [1.29, 1.82) is 0 Å². The number of hydrogen-bond acceptors (Lipinski definition) is 2. The fourth-order valence-corrected chi connectivity index (χ4v) is 2.13. The van der Waals surface area contributed by atoms with Gasteiger partial charge in [0.2, 0.25) is 0 Å². The van der Waals surface area contributed by atoms with Crippen molar-refractivity contribution in [3.05, 3.63) is 42.5 Å². The maximum atomic E-state index is 14.3. The lowest BCUT2D eigenvalue weighted by atomic mass is 9.91. The molecular formula is C18H25F3O2. The predicted octanol–water partition coefficient (Wildman–Crippen LogP) is 5.52. The second kappa shape index (κ2) is 8.96. The van der Waals surface area contributed by atoms with Crippen molar-refractivity contribution in [2.75, 3.05) is 0 Å². The Bertz CT molecular complexity index is 489. The summed E-state index contributed by atoms with van der Waals surface area (Å²) in [4.78, 5) is 0. The Morgan fingerprint density at radius 2 is 2.04 bits per heavy atom. The quantitative estimate of drug-likeness (QED) is 0.526. The van der Waals surface area contributed by atoms with E-state index in [1.807, 2.05) is 6.92 Å². The lowest BCUT2D eigenvalue weighted by molar-refractivity contribution is -0.0503. The Kier molecular flexibility index (Phi) is 7.62. The number of ether oxygens (including phenoxy) is 2. The molecule has 5 heteroatoms. The first kappa shape index (κ1) is 19.6. The van der Waals surface area contributed by atoms with Gasteiger partial charge in [-0.05, 0) is 31.0 Å². The number of hydrogen-bond donors (Lipinski definition) is 0. The van der Waals surface area contributed by atoms with Gasteiger partial charge in [0.15, 0.2) is 0 Å². The highest BCUT2D eigenvalue weighted by Crippen LogP contribution is 2.28. The zero-order chi connectivity index (χ0) is 17.5. The Hall–Kier alpha value is -1.49. The zero-order valence-corrected chi connectivity index (χ0v) is 13.9. The molecule has 2 nitrogen and oxygen atoms in total. The molecule has 0 aliphatic carbocycles. The van der Waals surface area contributed by atoms with E-state index < -0.39 is 12.3 Å². The molecule has 0 N–H and O–H groups in total. The Morgan fingerprint density at radius 3 is 2.61 bits per heavy atom. The van der Waals surface area contributed by atoms with Gasteiger partial charge in [0.1, 0.15) is 11.4 Å². The molecule has 0 saturated carbocycles. The van der Waals surface area contributed by atoms with Gasteiger partial charge in [-0.25, -0.2) is 4.39 Å². The van der Waals surface area contributed by atoms with Crippen LogP contribution < -0.4 is 4.74 Å². The number of alkyl halides is 3. The van der Waals surface area contributed by atoms with Crippen molar-refractivity contribution in [1.82, 2.24) is 0 Å². The molecule has 0 aliphatic heterocycles. The first-order chi connectivity index (χ1) is 10.8. The van der Waals surface area contributed by atoms with E-state index in [1.165, 1.54) is 12.1 Å². The summed E-state index contributed by atoms with van der Waals surface area (Å²) in [6.07, 6.45) is 2.05. The summed E-state index contributed by atoms with van der Waals surface area (Å²) in [5.74, 6) is 0.0652. The maximum Gasteiger partial charge on any atom is 0.387 e. The Balaban J connectivity index is 2.72. The highest BCUT2D eigenvalue weighted by molar-refractivity contribution is 5.28. The van der Waals surface area contributed by atoms with Crippen LogP contribution in [0, 0.1) is 5.92 Å². The van der Waals surface area contributed by atoms with Crippen LogP contribution >= 0.6 is 0 Å². The van der Waals surface area contributed by atoms with Crippen LogP contribution in [0.3, 0.4) is 0 Å². The summed E-state index contributed by atoms with van der Waals surface area (Å²) in [6, 6.07) is 6.32. The van der Waals surface area contributed by atoms with Gasteiger partial charge in [-0.15, -0.1) is 6.58 Å². The first-order valence-corrected chi connectivity index (χ1v) is 7.74. The third-order valence-corrected chi connectivity index (χ3v) is 3.91. The summed E-state index contributed by atoms with van der Waals surface area (Å²) in [5.41, 5.74) is -0.621. The van der Waals surface area contributed by atoms with E-state index in [2.05, 4.69) is 11.3 Å². The number of rotatable bonds is 10. The molecule has 0 aliphatic rings. The molecule has 0 amide bonds. The topological polar surface area (TPSA) is 18.5 Å². The van der Waals surface area contributed by atoms with Gasteiger partial charge in [0.25, 0.3) is 0 Å². The van der Waals surface area contributed by atoms with Crippen molar-refractivity contribution >= 4 is 0 Å². The van der Waals surface area contributed by atoms with Gasteiger partial charge in [0.05, 0.1) is 12.7 Å². The van der Waals surface area contributed by atoms with Crippen LogP contribution in [0.25, 0.3) is 0 Å². The molecule has 0 aromatic heterocycles. The summed E-state index contributed by atoms with van der Waals surface area (Å²) in [7, 11) is 0. The summed E-state index contributed by atoms with van der Waals surface area (Å²) >= 11 is 0. The van der Waals surface area contributed by atoms with E-state index in [1.54, 1.807) is 32.1 Å². The van der Waals surface area contributed by atoms with Gasteiger partial charge in [-0.3, -0.25) is 0 Å². The second-order valence-electron chi connectivity index (χ2n) is 5.94. The van der Waals surface area contributed by atoms with E-state index in [0.29, 0.717) is 12.0 Å². The van der Waals surface area contributed by atoms with Gasteiger partial charge in [-0.1, -0.05) is 32.1 Å². The van der Waals surface area contributed by atoms with Crippen molar-refractivity contribution in [2.24, 2.45) is 5.92 Å². The van der Waals surface area contributed by atoms with Crippen molar-refractivity contribution < 1.29 is 22.6 Å². The van der Waals surface area contributed by atoms with Crippen LogP contribution in [0.15, 0.2) is 36.9 Å². The van der Waals surface area contributed by atoms with E-state index >= 15 is 0 Å². The van der Waals surface area contributed by atoms with Crippen LogP contribution in [-0.4, -0.2) is 18.4 Å². The van der Waals surface area contributed by atoms with Crippen LogP contribution in [0.4, 0.5) is 13.2 Å². The molecule has 0 unspecified atom stereocenters. The van der Waals surface area contributed by atoms with Crippen LogP contribution in [0.1, 0.15) is 39.2 Å². The summed E-state index contributed by atoms with van der Waals surface area (Å²) < 4.78 is 48.9. The molecule has 0 heterocycles. The smallest absolute Gasteiger partial charge is 0.387 e. The molecule has 0 fully saturated rings. The highest BCUT2D eigenvalue weighted by Gasteiger charge is 2.28. The van der Waals surface area contributed by atoms with Crippen LogP contribution in [-0.2, 0) is 11.3 Å². The lowest BCUT2D eigenvalue weighted by Gasteiger charge is -2.28. The van der Waals surface area contributed by atoms with E-state index in [4.69, 9.17) is 4.74 Å². The summed E-state index contributed by atoms with van der Waals surface area (Å²) in [5, 5.41) is 0. The molecule has 3 atom stereocenters. The van der Waals surface area contributed by atoms with Gasteiger partial charge >= 0.3 is 6.61 Å². The minimum absolute atomic E-state index is 0.0166. The van der Waals surface area contributed by atoms with Gasteiger partial charge < -0.3 is 9.47 Å². The standard InChI is InChI=1S/C18H25F3O2/c1-5-13(3)16(11-18(4,21)6-2)22-12-14-8-7-9-15(10-14)23-17(19)20/h5,7-10,13,16-17H,1,6,11-12H2,2-4H3/t13-,16-,18+/m0/s1. The van der Waals surface area contributed by atoms with Crippen molar-refractivity contribution in [2.45, 2.75) is 58.6 Å². The molecule has 130 valence electrons. The molecular weight excluding hydrogens is 305 g/mol. The average Bonchev–Trinajstić information content (AvgIpc) is 2.50. The third kappa shape index (κ3) is 7.08. The van der Waals surface area contributed by atoms with Crippen molar-refractivity contribution in [3.8, 4) is 5.75 Å². The molecule has 0 spiro atoms. The van der Waals surface area contributed by atoms with Crippen molar-refractivity contribution in [3.63, 3.8) is 0 Å². The fraction of sp³-hybridized carbons (Fsp3) is 0.556. The normalized spacial score (nSPS) is 16.7. The fourth-order valence-electron chi connectivity index (χ4n) is 2.13. The monoisotopic (exact) mass is 330 g/mol. The Morgan fingerprint density at radius 1 is 1.35 bits per heavy atom. The van der Waals surface area contributed by atoms with E-state index in [9.17, 15) is 13.2 Å². The predicted molar refractivity (Wildman–Crippen MR) is 85.4 cm³/mol. The average molecular weight is 330 g/mol. The largest absolute Gasteiger partial charge is 0.435 e. The SMILES string of the molecule is C=C[C@H](C)[C@H](C[C@](C)(F)CC)OCc1cccc(OC(F)F)c1. The van der Waals surface area contributed by atoms with Gasteiger partial charge in [0, 0.05) is 12.3 Å². The molecule has 0 bridgehead atoms. The molecule has 0 radical (unpaired) electrons. The minimum atomic E-state index is -2.86. The number of benzene rings is 1. The second-order valence-corrected chi connectivity index (χ2v) is 5.94. The maximum absolute atomic E-state index is 14.3. The zero-order valence-electron chi connectivity index (χ0n) is 13.9. The number of halogens is 3. The minimum Gasteiger partial charge on any atom is -0.435 e. The lowest BCUT2D eigenvalue weighted by Crippen LogP contribution is -2.30. The molecule has 0 saturated heterocycles. The molecule has 1 aromatic rings. The molecule has 1 aromatic carbocycles. The van der Waals surface area contributed by atoms with Crippen LogP contribution in [0.5, 0.6) is 5.75 Å². The van der Waals surface area contributed by atoms with Crippen LogP contribution in [0.2, 0.25) is 0 Å². The molecule has 23 heavy (non-hydrogen) atoms. The third-order valence-electron chi connectivity index (χ3n) is 3.91. The van der Waals surface area contributed by atoms with E-state index in [0.717, 1.165) is 0 Å².